The van der Waals surface area contributed by atoms with E-state index in [-0.39, 0.29) is 0 Å². The van der Waals surface area contributed by atoms with E-state index in [4.69, 9.17) is 0 Å². The molecule has 0 aliphatic carbocycles. The minimum atomic E-state index is 0.336. The molecule has 0 aliphatic heterocycles. The van der Waals surface area contributed by atoms with Crippen LogP contribution in [0.25, 0.3) is 11.3 Å². The van der Waals surface area contributed by atoms with E-state index in [0.717, 1.165) is 22.5 Å². The van der Waals surface area contributed by atoms with Crippen molar-refractivity contribution in [3.63, 3.8) is 0 Å². The van der Waals surface area contributed by atoms with Gasteiger partial charge in [-0.15, -0.1) is 0 Å². The zero-order valence-electron chi connectivity index (χ0n) is 14.5. The van der Waals surface area contributed by atoms with E-state index >= 15 is 0 Å². The Morgan fingerprint density at radius 1 is 1.12 bits per heavy atom. The first kappa shape index (κ1) is 16.7. The van der Waals surface area contributed by atoms with Crippen LogP contribution in [0.3, 0.4) is 0 Å². The first-order valence-corrected chi connectivity index (χ1v) is 9.15. The van der Waals surface area contributed by atoms with Crippen LogP contribution in [-0.2, 0) is 6.54 Å². The molecule has 0 atom stereocenters. The molecule has 0 spiro atoms. The molecule has 8 heteroatoms. The second-order valence-corrected chi connectivity index (χ2v) is 6.95. The van der Waals surface area contributed by atoms with Gasteiger partial charge in [0.05, 0.1) is 11.9 Å². The van der Waals surface area contributed by atoms with Crippen molar-refractivity contribution in [2.75, 3.05) is 5.32 Å². The molecule has 7 nitrogen and oxygen atoms in total. The van der Waals surface area contributed by atoms with E-state index < -0.39 is 0 Å². The van der Waals surface area contributed by atoms with Crippen LogP contribution in [0.1, 0.15) is 30.9 Å². The van der Waals surface area contributed by atoms with Gasteiger partial charge in [-0.25, -0.2) is 9.67 Å². The molecule has 4 aromatic rings. The molecule has 26 heavy (non-hydrogen) atoms. The molecule has 0 radical (unpaired) electrons. The normalized spacial score (nSPS) is 11.4. The van der Waals surface area contributed by atoms with E-state index in [1.807, 2.05) is 41.3 Å². The number of rotatable bonds is 5. The molecular formula is C18H18BrN7. The lowest BCUT2D eigenvalue weighted by Gasteiger charge is -2.12. The first-order chi connectivity index (χ1) is 12.6. The van der Waals surface area contributed by atoms with E-state index in [9.17, 15) is 0 Å². The molecule has 0 saturated carbocycles. The van der Waals surface area contributed by atoms with Gasteiger partial charge in [-0.2, -0.15) is 19.7 Å². The number of hydrogen-bond donors (Lipinski definition) is 1. The van der Waals surface area contributed by atoms with Crippen molar-refractivity contribution < 1.29 is 0 Å². The molecule has 0 fully saturated rings. The summed E-state index contributed by atoms with van der Waals surface area (Å²) in [4.78, 5) is 8.94. The van der Waals surface area contributed by atoms with E-state index in [0.29, 0.717) is 23.1 Å². The highest BCUT2D eigenvalue weighted by Gasteiger charge is 2.14. The van der Waals surface area contributed by atoms with Gasteiger partial charge >= 0.3 is 0 Å². The third-order valence-corrected chi connectivity index (χ3v) is 4.52. The fraction of sp³-hybridized carbons (Fsp3) is 0.222. The number of anilines is 1. The quantitative estimate of drug-likeness (QED) is 0.540. The number of halogens is 1. The van der Waals surface area contributed by atoms with Crippen molar-refractivity contribution >= 4 is 27.5 Å². The Kier molecular flexibility index (Phi) is 4.42. The molecule has 0 amide bonds. The lowest BCUT2D eigenvalue weighted by molar-refractivity contribution is 0.845. The number of benzene rings is 1. The average molecular weight is 412 g/mol. The average Bonchev–Trinajstić information content (AvgIpc) is 3.29. The Hall–Kier alpha value is -2.74. The van der Waals surface area contributed by atoms with E-state index in [1.165, 1.54) is 0 Å². The van der Waals surface area contributed by atoms with Crippen LogP contribution in [0.5, 0.6) is 0 Å². The number of fused-ring (bicyclic) bond motifs is 1. The standard InChI is InChI=1S/C18H18BrN7/c1-12(2)14-11-22-26-16(14)23-17(19)24-18(26)20-10-13-6-3-4-7-15(13)25-9-5-8-21-25/h3-9,11-12H,10H2,1-2H3,(H,20,23,24). The molecular weight excluding hydrogens is 394 g/mol. The third kappa shape index (κ3) is 3.08. The molecule has 1 N–H and O–H groups in total. The molecule has 4 rings (SSSR count). The molecule has 3 aromatic heterocycles. The van der Waals surface area contributed by atoms with Crippen LogP contribution in [0, 0.1) is 0 Å². The number of aromatic nitrogens is 6. The van der Waals surface area contributed by atoms with Crippen molar-refractivity contribution in [3.8, 4) is 5.69 Å². The molecule has 3 heterocycles. The summed E-state index contributed by atoms with van der Waals surface area (Å²) < 4.78 is 4.14. The van der Waals surface area contributed by atoms with Crippen LogP contribution in [-0.4, -0.2) is 29.4 Å². The molecule has 0 unspecified atom stereocenters. The highest BCUT2D eigenvalue weighted by Crippen LogP contribution is 2.23. The smallest absolute Gasteiger partial charge is 0.228 e. The van der Waals surface area contributed by atoms with Crippen LogP contribution in [0.15, 0.2) is 53.7 Å². The van der Waals surface area contributed by atoms with Gasteiger partial charge in [0.1, 0.15) is 0 Å². The van der Waals surface area contributed by atoms with Gasteiger partial charge in [0.15, 0.2) is 5.65 Å². The summed E-state index contributed by atoms with van der Waals surface area (Å²) in [5.41, 5.74) is 4.03. The van der Waals surface area contributed by atoms with Gasteiger partial charge in [-0.3, -0.25) is 0 Å². The van der Waals surface area contributed by atoms with Crippen molar-refractivity contribution in [1.82, 2.24) is 29.4 Å². The number of nitrogens with one attached hydrogen (secondary N) is 1. The lowest BCUT2D eigenvalue weighted by Crippen LogP contribution is -2.11. The number of nitrogens with zero attached hydrogens (tertiary/aromatic N) is 6. The minimum Gasteiger partial charge on any atom is -0.350 e. The van der Waals surface area contributed by atoms with Gasteiger partial charge in [-0.05, 0) is 39.5 Å². The van der Waals surface area contributed by atoms with Gasteiger partial charge in [0.25, 0.3) is 0 Å². The van der Waals surface area contributed by atoms with Gasteiger partial charge in [-0.1, -0.05) is 32.0 Å². The maximum absolute atomic E-state index is 4.48. The third-order valence-electron chi connectivity index (χ3n) is 4.17. The van der Waals surface area contributed by atoms with Crippen LogP contribution >= 0.6 is 15.9 Å². The summed E-state index contributed by atoms with van der Waals surface area (Å²) >= 11 is 3.41. The molecule has 132 valence electrons. The predicted octanol–water partition coefficient (Wildman–Crippen LogP) is 3.81. The lowest BCUT2D eigenvalue weighted by atomic mass is 10.1. The van der Waals surface area contributed by atoms with Crippen molar-refractivity contribution in [3.05, 3.63) is 64.8 Å². The fourth-order valence-electron chi connectivity index (χ4n) is 2.86. The Balaban J connectivity index is 1.68. The summed E-state index contributed by atoms with van der Waals surface area (Å²) in [7, 11) is 0. The SMILES string of the molecule is CC(C)c1cnn2c(NCc3ccccc3-n3cccn3)nc(Br)nc12. The van der Waals surface area contributed by atoms with Crippen molar-refractivity contribution in [1.29, 1.82) is 0 Å². The van der Waals surface area contributed by atoms with Crippen LogP contribution in [0.2, 0.25) is 0 Å². The Labute approximate surface area is 159 Å². The molecule has 0 saturated heterocycles. The zero-order chi connectivity index (χ0) is 18.1. The second kappa shape index (κ2) is 6.87. The maximum Gasteiger partial charge on any atom is 0.228 e. The number of hydrogen-bond acceptors (Lipinski definition) is 5. The fourth-order valence-corrected chi connectivity index (χ4v) is 3.20. The monoisotopic (exact) mass is 411 g/mol. The Bertz CT molecular complexity index is 1040. The summed E-state index contributed by atoms with van der Waals surface area (Å²) in [6.07, 6.45) is 5.55. The topological polar surface area (TPSA) is 72.9 Å². The maximum atomic E-state index is 4.48. The highest BCUT2D eigenvalue weighted by molar-refractivity contribution is 9.10. The minimum absolute atomic E-state index is 0.336. The highest BCUT2D eigenvalue weighted by atomic mass is 79.9. The molecule has 0 aliphatic rings. The first-order valence-electron chi connectivity index (χ1n) is 8.36. The number of para-hydroxylation sites is 1. The van der Waals surface area contributed by atoms with Gasteiger partial charge in [0.2, 0.25) is 10.7 Å². The Morgan fingerprint density at radius 2 is 1.96 bits per heavy atom. The van der Waals surface area contributed by atoms with E-state index in [1.54, 1.807) is 10.7 Å². The predicted molar refractivity (Wildman–Crippen MR) is 103 cm³/mol. The van der Waals surface area contributed by atoms with Crippen molar-refractivity contribution in [2.24, 2.45) is 0 Å². The van der Waals surface area contributed by atoms with Crippen LogP contribution in [0.4, 0.5) is 5.95 Å². The molecule has 1 aromatic carbocycles. The molecule has 0 bridgehead atoms. The zero-order valence-corrected chi connectivity index (χ0v) is 16.1. The summed E-state index contributed by atoms with van der Waals surface area (Å²) in [6, 6.07) is 10.0. The van der Waals surface area contributed by atoms with Crippen LogP contribution < -0.4 is 5.32 Å². The van der Waals surface area contributed by atoms with Gasteiger partial charge in [0, 0.05) is 24.5 Å². The summed E-state index contributed by atoms with van der Waals surface area (Å²) in [5, 5.41) is 12.2. The van der Waals surface area contributed by atoms with E-state index in [2.05, 4.69) is 61.3 Å². The van der Waals surface area contributed by atoms with Crippen molar-refractivity contribution in [2.45, 2.75) is 26.3 Å². The van der Waals surface area contributed by atoms with Gasteiger partial charge < -0.3 is 5.32 Å². The summed E-state index contributed by atoms with van der Waals surface area (Å²) in [6.45, 7) is 4.84. The summed E-state index contributed by atoms with van der Waals surface area (Å²) in [5.74, 6) is 0.978. The largest absolute Gasteiger partial charge is 0.350 e. The Morgan fingerprint density at radius 3 is 2.73 bits per heavy atom. The second-order valence-electron chi connectivity index (χ2n) is 6.24.